The van der Waals surface area contributed by atoms with E-state index in [4.69, 9.17) is 32.9 Å². The highest BCUT2D eigenvalue weighted by Gasteiger charge is 2.32. The number of fused-ring (bicyclic) bond motifs is 2. The Morgan fingerprint density at radius 2 is 1.98 bits per heavy atom. The van der Waals surface area contributed by atoms with Crippen molar-refractivity contribution in [2.75, 3.05) is 26.2 Å². The van der Waals surface area contributed by atoms with E-state index in [1.807, 2.05) is 25.1 Å². The molecule has 1 saturated heterocycles. The quantitative estimate of drug-likeness (QED) is 0.139. The molecular formula is C29H28Cl2N6O6. The average molecular weight is 627 g/mol. The van der Waals surface area contributed by atoms with Gasteiger partial charge in [0.05, 0.1) is 28.3 Å². The van der Waals surface area contributed by atoms with Crippen molar-refractivity contribution >= 4 is 57.9 Å². The number of aliphatic hydroxyl groups is 1. The molecule has 0 aliphatic carbocycles. The zero-order chi connectivity index (χ0) is 30.8. The monoisotopic (exact) mass is 626 g/mol. The summed E-state index contributed by atoms with van der Waals surface area (Å²) in [6.07, 6.45) is 1.48. The van der Waals surface area contributed by atoms with Crippen LogP contribution in [0.15, 0.2) is 45.8 Å². The molecule has 2 aliphatic heterocycles. The lowest BCUT2D eigenvalue weighted by molar-refractivity contribution is -0.138. The molecule has 1 aromatic heterocycles. The van der Waals surface area contributed by atoms with Crippen molar-refractivity contribution in [2.24, 2.45) is 10.9 Å². The number of amides is 2. The Labute approximate surface area is 256 Å². The maximum absolute atomic E-state index is 13.3. The zero-order valence-electron chi connectivity index (χ0n) is 23.0. The number of aliphatic hydroxyl groups excluding tert-OH is 1. The van der Waals surface area contributed by atoms with Gasteiger partial charge in [-0.15, -0.1) is 0 Å². The van der Waals surface area contributed by atoms with E-state index in [2.05, 4.69) is 15.6 Å². The molecule has 4 N–H and O–H groups in total. The number of nitriles is 1. The van der Waals surface area contributed by atoms with Crippen LogP contribution in [0.1, 0.15) is 39.0 Å². The standard InChI is InChI=1S/C29H28Cl2N6O6/c1-15-11-37(13-21(15)38)29(34-14-32)33-10-20(28(41)42)35-26(39)24-19(30)8-17-12-36(7-6-18(17)25(24)31)27(40)23-9-16-4-2-3-5-22(16)43-23/h2-5,8-9,15,20-21,38H,6-7,10-13H2,1H3,(H,33,34)(H,35,39)(H,41,42)/t15-,20+,21-/m1/s1. The fourth-order valence-electron chi connectivity index (χ4n) is 5.26. The smallest absolute Gasteiger partial charge is 0.328 e. The van der Waals surface area contributed by atoms with Gasteiger partial charge in [-0.05, 0) is 35.7 Å². The number of aliphatic carboxylic acids is 1. The molecule has 14 heteroatoms. The number of furan rings is 1. The maximum atomic E-state index is 13.3. The van der Waals surface area contributed by atoms with Gasteiger partial charge in [-0.1, -0.05) is 48.3 Å². The largest absolute Gasteiger partial charge is 0.480 e. The number of nitrogens with one attached hydrogen (secondary N) is 2. The molecule has 12 nitrogen and oxygen atoms in total. The highest BCUT2D eigenvalue weighted by atomic mass is 35.5. The Morgan fingerprint density at radius 1 is 1.21 bits per heavy atom. The van der Waals surface area contributed by atoms with Gasteiger partial charge >= 0.3 is 5.97 Å². The van der Waals surface area contributed by atoms with E-state index >= 15 is 0 Å². The van der Waals surface area contributed by atoms with E-state index in [9.17, 15) is 24.6 Å². The van der Waals surface area contributed by atoms with Gasteiger partial charge in [-0.25, -0.2) is 9.79 Å². The van der Waals surface area contributed by atoms with Crippen LogP contribution in [-0.2, 0) is 17.8 Å². The van der Waals surface area contributed by atoms with Crippen LogP contribution in [0.4, 0.5) is 0 Å². The van der Waals surface area contributed by atoms with Crippen LogP contribution >= 0.6 is 23.2 Å². The topological polar surface area (TPSA) is 172 Å². The summed E-state index contributed by atoms with van der Waals surface area (Å²) in [5.74, 6) is -2.20. The van der Waals surface area contributed by atoms with Crippen LogP contribution in [0, 0.1) is 17.4 Å². The van der Waals surface area contributed by atoms with E-state index in [0.29, 0.717) is 36.2 Å². The molecule has 0 saturated carbocycles. The highest BCUT2D eigenvalue weighted by Crippen LogP contribution is 2.35. The van der Waals surface area contributed by atoms with E-state index in [-0.39, 0.29) is 52.2 Å². The minimum Gasteiger partial charge on any atom is -0.480 e. The predicted octanol–water partition coefficient (Wildman–Crippen LogP) is 2.86. The summed E-state index contributed by atoms with van der Waals surface area (Å²) in [4.78, 5) is 45.9. The number of halogens is 2. The van der Waals surface area contributed by atoms with Crippen molar-refractivity contribution in [3.8, 4) is 6.19 Å². The molecule has 2 amide bonds. The van der Waals surface area contributed by atoms with Crippen LogP contribution in [0.25, 0.3) is 11.0 Å². The first-order valence-corrected chi connectivity index (χ1v) is 14.3. The normalized spacial score (nSPS) is 19.1. The van der Waals surface area contributed by atoms with Gasteiger partial charge in [-0.2, -0.15) is 5.26 Å². The van der Waals surface area contributed by atoms with E-state index in [1.165, 1.54) is 0 Å². The molecule has 3 atom stereocenters. The molecule has 2 aromatic carbocycles. The molecule has 2 aliphatic rings. The van der Waals surface area contributed by atoms with Crippen LogP contribution < -0.4 is 10.6 Å². The third kappa shape index (κ3) is 6.24. The minimum absolute atomic E-state index is 0.00111. The number of likely N-dealkylation sites (tertiary alicyclic amines) is 1. The third-order valence-corrected chi connectivity index (χ3v) is 8.34. The van der Waals surface area contributed by atoms with E-state index in [0.717, 1.165) is 5.39 Å². The van der Waals surface area contributed by atoms with Crippen LogP contribution in [0.3, 0.4) is 0 Å². The Morgan fingerprint density at radius 3 is 2.65 bits per heavy atom. The first-order chi connectivity index (χ1) is 20.6. The number of rotatable bonds is 6. The molecule has 3 heterocycles. The van der Waals surface area contributed by atoms with Gasteiger partial charge in [0.1, 0.15) is 11.6 Å². The van der Waals surface area contributed by atoms with Gasteiger partial charge in [0.25, 0.3) is 11.8 Å². The molecule has 0 spiro atoms. The number of para-hydroxylation sites is 1. The SMILES string of the molecule is C[C@@H]1CN(C(=NC[C@H](NC(=O)c2c(Cl)cc3c(c2Cl)CCN(C(=O)c2cc4ccccc4o2)C3)C(=O)O)NC#N)C[C@H]1O. The number of carboxylic acid groups (broad SMARTS) is 1. The summed E-state index contributed by atoms with van der Waals surface area (Å²) in [6.45, 7) is 2.59. The molecule has 5 rings (SSSR count). The number of carboxylic acids is 1. The van der Waals surface area contributed by atoms with Gasteiger partial charge in [-0.3, -0.25) is 14.9 Å². The zero-order valence-corrected chi connectivity index (χ0v) is 24.5. The lowest BCUT2D eigenvalue weighted by Crippen LogP contribution is -2.45. The molecular weight excluding hydrogens is 599 g/mol. The second-order valence-electron chi connectivity index (χ2n) is 10.5. The number of carbonyl (C=O) groups is 3. The summed E-state index contributed by atoms with van der Waals surface area (Å²) < 4.78 is 5.72. The van der Waals surface area contributed by atoms with Gasteiger partial charge in [0.15, 0.2) is 12.0 Å². The number of aliphatic imine (C=N–C) groups is 1. The van der Waals surface area contributed by atoms with Crippen molar-refractivity contribution in [3.05, 3.63) is 68.9 Å². The van der Waals surface area contributed by atoms with Crippen molar-refractivity contribution in [3.63, 3.8) is 0 Å². The molecule has 43 heavy (non-hydrogen) atoms. The first-order valence-electron chi connectivity index (χ1n) is 13.5. The number of β-amino-alcohol motifs (C(OH)–C–C–N with tert-alkyl or cyclic N) is 1. The second-order valence-corrected chi connectivity index (χ2v) is 11.3. The molecule has 0 unspecified atom stereocenters. The summed E-state index contributed by atoms with van der Waals surface area (Å²) in [6, 6.07) is 9.11. The molecule has 224 valence electrons. The summed E-state index contributed by atoms with van der Waals surface area (Å²) in [5, 5.41) is 34.7. The average Bonchev–Trinajstić information content (AvgIpc) is 3.56. The summed E-state index contributed by atoms with van der Waals surface area (Å²) in [7, 11) is 0. The lowest BCUT2D eigenvalue weighted by atomic mass is 9.96. The Balaban J connectivity index is 1.31. The molecule has 1 fully saturated rings. The number of carbonyl (C=O) groups excluding carboxylic acids is 2. The minimum atomic E-state index is -1.46. The van der Waals surface area contributed by atoms with Gasteiger partial charge in [0.2, 0.25) is 5.96 Å². The summed E-state index contributed by atoms with van der Waals surface area (Å²) in [5.41, 5.74) is 1.83. The number of nitrogens with zero attached hydrogens (tertiary/aromatic N) is 4. The molecule has 3 aromatic rings. The van der Waals surface area contributed by atoms with Crippen LogP contribution in [-0.4, -0.2) is 82.1 Å². The third-order valence-electron chi connectivity index (χ3n) is 7.62. The second kappa shape index (κ2) is 12.5. The Hall–Kier alpha value is -4.31. The van der Waals surface area contributed by atoms with Crippen LogP contribution in [0.5, 0.6) is 0 Å². The molecule has 0 radical (unpaired) electrons. The van der Waals surface area contributed by atoms with E-state index in [1.54, 1.807) is 34.2 Å². The van der Waals surface area contributed by atoms with Crippen molar-refractivity contribution in [1.82, 2.24) is 20.4 Å². The van der Waals surface area contributed by atoms with Crippen LogP contribution in [0.2, 0.25) is 10.0 Å². The number of hydrogen-bond acceptors (Lipinski definition) is 7. The maximum Gasteiger partial charge on any atom is 0.328 e. The Kier molecular flexibility index (Phi) is 8.77. The first kappa shape index (κ1) is 30.2. The highest BCUT2D eigenvalue weighted by molar-refractivity contribution is 6.40. The van der Waals surface area contributed by atoms with Crippen molar-refractivity contribution < 1.29 is 29.0 Å². The number of benzene rings is 2. The van der Waals surface area contributed by atoms with E-state index < -0.39 is 30.6 Å². The number of guanidine groups is 1. The lowest BCUT2D eigenvalue weighted by Gasteiger charge is -2.30. The predicted molar refractivity (Wildman–Crippen MR) is 158 cm³/mol. The molecule has 0 bridgehead atoms. The van der Waals surface area contributed by atoms with Gasteiger partial charge < -0.3 is 29.7 Å². The van der Waals surface area contributed by atoms with Gasteiger partial charge in [0, 0.05) is 37.5 Å². The summed E-state index contributed by atoms with van der Waals surface area (Å²) >= 11 is 13.1. The fraction of sp³-hybridized carbons (Fsp3) is 0.345. The number of hydrogen-bond donors (Lipinski definition) is 4. The van der Waals surface area contributed by atoms with Crippen molar-refractivity contribution in [2.45, 2.75) is 32.0 Å². The fourth-order valence-corrected chi connectivity index (χ4v) is 6.02. The van der Waals surface area contributed by atoms with Crippen molar-refractivity contribution in [1.29, 1.82) is 5.26 Å². The Bertz CT molecular complexity index is 1620.